The van der Waals surface area contributed by atoms with E-state index in [-0.39, 0.29) is 12.0 Å². The highest BCUT2D eigenvalue weighted by Gasteiger charge is 2.04. The molecule has 0 spiro atoms. The molecule has 0 aliphatic carbocycles. The van der Waals surface area contributed by atoms with Crippen LogP contribution in [-0.2, 0) is 16.1 Å². The molecule has 2 aromatic carbocycles. The van der Waals surface area contributed by atoms with Gasteiger partial charge in [0, 0.05) is 20.6 Å². The molecule has 1 atom stereocenters. The van der Waals surface area contributed by atoms with Crippen LogP contribution in [0.1, 0.15) is 31.1 Å². The van der Waals surface area contributed by atoms with Crippen LogP contribution in [0.4, 0.5) is 0 Å². The van der Waals surface area contributed by atoms with E-state index in [2.05, 4.69) is 41.7 Å². The predicted octanol–water partition coefficient (Wildman–Crippen LogP) is 3.70. The van der Waals surface area contributed by atoms with Crippen molar-refractivity contribution in [1.29, 1.82) is 0 Å². The highest BCUT2D eigenvalue weighted by atomic mass is 16.5. The molecule has 21 heavy (non-hydrogen) atoms. The normalized spacial score (nSPS) is 12.0. The number of hydrogen-bond acceptors (Lipinski definition) is 2. The van der Waals surface area contributed by atoms with Gasteiger partial charge in [0.05, 0.1) is 6.10 Å². The molecule has 0 aromatic heterocycles. The van der Waals surface area contributed by atoms with Gasteiger partial charge in [-0.25, -0.2) is 0 Å². The first-order chi connectivity index (χ1) is 10.1. The van der Waals surface area contributed by atoms with Crippen LogP contribution in [-0.4, -0.2) is 13.0 Å². The quantitative estimate of drug-likeness (QED) is 0.908. The van der Waals surface area contributed by atoms with Gasteiger partial charge in [-0.15, -0.1) is 0 Å². The lowest BCUT2D eigenvalue weighted by Gasteiger charge is -2.11. The van der Waals surface area contributed by atoms with E-state index in [1.807, 2.05) is 19.1 Å². The Morgan fingerprint density at radius 2 is 1.86 bits per heavy atom. The smallest absolute Gasteiger partial charge is 0.217 e. The van der Waals surface area contributed by atoms with Crippen molar-refractivity contribution in [3.8, 4) is 11.1 Å². The van der Waals surface area contributed by atoms with E-state index in [1.165, 1.54) is 6.92 Å². The van der Waals surface area contributed by atoms with Crippen LogP contribution in [0.15, 0.2) is 48.5 Å². The van der Waals surface area contributed by atoms with Gasteiger partial charge in [0.1, 0.15) is 0 Å². The van der Waals surface area contributed by atoms with Crippen molar-refractivity contribution in [2.75, 3.05) is 7.11 Å². The summed E-state index contributed by atoms with van der Waals surface area (Å²) in [7, 11) is 1.71. The zero-order valence-electron chi connectivity index (χ0n) is 12.7. The van der Waals surface area contributed by atoms with Crippen molar-refractivity contribution >= 4 is 5.91 Å². The summed E-state index contributed by atoms with van der Waals surface area (Å²) >= 11 is 0. The van der Waals surface area contributed by atoms with Gasteiger partial charge in [-0.05, 0) is 35.2 Å². The van der Waals surface area contributed by atoms with E-state index < -0.39 is 0 Å². The Morgan fingerprint density at radius 1 is 1.14 bits per heavy atom. The molecule has 3 heteroatoms. The van der Waals surface area contributed by atoms with Gasteiger partial charge < -0.3 is 10.1 Å². The van der Waals surface area contributed by atoms with Crippen LogP contribution >= 0.6 is 0 Å². The first-order valence-corrected chi connectivity index (χ1v) is 7.06. The SMILES string of the molecule is CO[C@H](C)c1ccc(-c2cccc(CNC(C)=O)c2)cc1. The third-order valence-corrected chi connectivity index (χ3v) is 3.54. The lowest BCUT2D eigenvalue weighted by atomic mass is 10.0. The number of hydrogen-bond donors (Lipinski definition) is 1. The fourth-order valence-electron chi connectivity index (χ4n) is 2.17. The predicted molar refractivity (Wildman–Crippen MR) is 84.8 cm³/mol. The van der Waals surface area contributed by atoms with E-state index >= 15 is 0 Å². The molecule has 0 heterocycles. The van der Waals surface area contributed by atoms with Crippen LogP contribution in [0.2, 0.25) is 0 Å². The van der Waals surface area contributed by atoms with Gasteiger partial charge in [0.25, 0.3) is 0 Å². The molecule has 0 aliphatic heterocycles. The second-order valence-electron chi connectivity index (χ2n) is 5.11. The Kier molecular flexibility index (Phi) is 5.12. The largest absolute Gasteiger partial charge is 0.377 e. The maximum Gasteiger partial charge on any atom is 0.217 e. The highest BCUT2D eigenvalue weighted by Crippen LogP contribution is 2.23. The molecule has 1 amide bonds. The second-order valence-corrected chi connectivity index (χ2v) is 5.11. The summed E-state index contributed by atoms with van der Waals surface area (Å²) < 4.78 is 5.32. The molecule has 0 aliphatic rings. The fourth-order valence-corrected chi connectivity index (χ4v) is 2.17. The highest BCUT2D eigenvalue weighted by molar-refractivity contribution is 5.73. The standard InChI is InChI=1S/C18H21NO2/c1-13(21-3)16-7-9-17(10-8-16)18-6-4-5-15(11-18)12-19-14(2)20/h4-11,13H,12H2,1-3H3,(H,19,20)/t13-/m1/s1. The summed E-state index contributed by atoms with van der Waals surface area (Å²) in [5.74, 6) is -0.0155. The number of carbonyl (C=O) groups is 1. The van der Waals surface area contributed by atoms with Crippen molar-refractivity contribution in [3.05, 3.63) is 59.7 Å². The number of benzene rings is 2. The van der Waals surface area contributed by atoms with Crippen molar-refractivity contribution < 1.29 is 9.53 Å². The van der Waals surface area contributed by atoms with E-state index in [1.54, 1.807) is 7.11 Å². The molecule has 2 aromatic rings. The van der Waals surface area contributed by atoms with E-state index in [0.717, 1.165) is 22.3 Å². The molecule has 0 unspecified atom stereocenters. The Labute approximate surface area is 126 Å². The number of methoxy groups -OCH3 is 1. The van der Waals surface area contributed by atoms with Gasteiger partial charge >= 0.3 is 0 Å². The Hall–Kier alpha value is -2.13. The first kappa shape index (κ1) is 15.3. The zero-order chi connectivity index (χ0) is 15.2. The molecule has 110 valence electrons. The average Bonchev–Trinajstić information content (AvgIpc) is 2.52. The number of carbonyl (C=O) groups excluding carboxylic acids is 1. The van der Waals surface area contributed by atoms with Crippen molar-refractivity contribution in [2.24, 2.45) is 0 Å². The Balaban J connectivity index is 2.17. The molecule has 0 bridgehead atoms. The lowest BCUT2D eigenvalue weighted by Crippen LogP contribution is -2.18. The van der Waals surface area contributed by atoms with Crippen molar-refractivity contribution in [3.63, 3.8) is 0 Å². The fraction of sp³-hybridized carbons (Fsp3) is 0.278. The summed E-state index contributed by atoms with van der Waals surface area (Å²) in [6.45, 7) is 4.12. The van der Waals surface area contributed by atoms with Gasteiger partial charge in [-0.1, -0.05) is 42.5 Å². The summed E-state index contributed by atoms with van der Waals surface area (Å²) in [4.78, 5) is 11.0. The minimum Gasteiger partial charge on any atom is -0.377 e. The average molecular weight is 283 g/mol. The number of nitrogens with one attached hydrogen (secondary N) is 1. The maximum absolute atomic E-state index is 11.0. The third-order valence-electron chi connectivity index (χ3n) is 3.54. The molecule has 3 nitrogen and oxygen atoms in total. The molecule has 0 fully saturated rings. The third kappa shape index (κ3) is 4.17. The van der Waals surface area contributed by atoms with Crippen LogP contribution < -0.4 is 5.32 Å². The monoisotopic (exact) mass is 283 g/mol. The molecular formula is C18H21NO2. The van der Waals surface area contributed by atoms with Crippen molar-refractivity contribution in [2.45, 2.75) is 26.5 Å². The van der Waals surface area contributed by atoms with E-state index in [4.69, 9.17) is 4.74 Å². The summed E-state index contributed by atoms with van der Waals surface area (Å²) in [5, 5.41) is 2.82. The first-order valence-electron chi connectivity index (χ1n) is 7.06. The number of ether oxygens (including phenoxy) is 1. The van der Waals surface area contributed by atoms with Crippen molar-refractivity contribution in [1.82, 2.24) is 5.32 Å². The van der Waals surface area contributed by atoms with Crippen LogP contribution in [0.25, 0.3) is 11.1 Å². The van der Waals surface area contributed by atoms with E-state index in [0.29, 0.717) is 6.54 Å². The maximum atomic E-state index is 11.0. The van der Waals surface area contributed by atoms with Crippen LogP contribution in [0, 0.1) is 0 Å². The van der Waals surface area contributed by atoms with Gasteiger partial charge in [-0.2, -0.15) is 0 Å². The summed E-state index contributed by atoms with van der Waals surface area (Å²) in [6, 6.07) is 16.6. The number of rotatable bonds is 5. The molecule has 0 radical (unpaired) electrons. The van der Waals surface area contributed by atoms with Gasteiger partial charge in [0.15, 0.2) is 0 Å². The van der Waals surface area contributed by atoms with E-state index in [9.17, 15) is 4.79 Å². The minimum atomic E-state index is -0.0155. The molecule has 1 N–H and O–H groups in total. The Bertz CT molecular complexity index is 605. The summed E-state index contributed by atoms with van der Waals surface area (Å²) in [5.41, 5.74) is 4.56. The molecule has 2 rings (SSSR count). The van der Waals surface area contributed by atoms with Crippen LogP contribution in [0.3, 0.4) is 0 Å². The molecule has 0 saturated heterocycles. The minimum absolute atomic E-state index is 0.0155. The summed E-state index contributed by atoms with van der Waals surface area (Å²) in [6.07, 6.45) is 0.102. The Morgan fingerprint density at radius 3 is 2.48 bits per heavy atom. The zero-order valence-corrected chi connectivity index (χ0v) is 12.7. The molecule has 0 saturated carbocycles. The van der Waals surface area contributed by atoms with Gasteiger partial charge in [-0.3, -0.25) is 4.79 Å². The van der Waals surface area contributed by atoms with Crippen LogP contribution in [0.5, 0.6) is 0 Å². The second kappa shape index (κ2) is 7.04. The topological polar surface area (TPSA) is 38.3 Å². The van der Waals surface area contributed by atoms with Gasteiger partial charge in [0.2, 0.25) is 5.91 Å². The number of amides is 1. The lowest BCUT2D eigenvalue weighted by molar-refractivity contribution is -0.119. The molecular weight excluding hydrogens is 262 g/mol.